The molecule has 0 aliphatic heterocycles. The van der Waals surface area contributed by atoms with Crippen molar-refractivity contribution in [1.29, 1.82) is 0 Å². The highest BCUT2D eigenvalue weighted by Gasteiger charge is 2.17. The topological polar surface area (TPSA) is 9.23 Å². The largest absolute Gasteiger partial charge is 0.488 e. The van der Waals surface area contributed by atoms with E-state index in [9.17, 15) is 0 Å². The zero-order valence-corrected chi connectivity index (χ0v) is 8.42. The van der Waals surface area contributed by atoms with Gasteiger partial charge in [0.05, 0.1) is 0 Å². The SMILES string of the molecule is [CH2]CCC(C)(C)Oc1ccccc1. The molecule has 13 heavy (non-hydrogen) atoms. The Bertz CT molecular complexity index is 239. The molecule has 0 atom stereocenters. The summed E-state index contributed by atoms with van der Waals surface area (Å²) < 4.78 is 5.80. The second-order valence-electron chi connectivity index (χ2n) is 3.78. The Hall–Kier alpha value is -0.980. The van der Waals surface area contributed by atoms with Crippen LogP contribution in [-0.2, 0) is 0 Å². The molecule has 0 aromatic heterocycles. The van der Waals surface area contributed by atoms with Crippen molar-refractivity contribution < 1.29 is 4.74 Å². The van der Waals surface area contributed by atoms with Crippen LogP contribution in [-0.4, -0.2) is 5.60 Å². The highest BCUT2D eigenvalue weighted by atomic mass is 16.5. The van der Waals surface area contributed by atoms with Crippen LogP contribution in [0.25, 0.3) is 0 Å². The van der Waals surface area contributed by atoms with Gasteiger partial charge >= 0.3 is 0 Å². The molecule has 0 aliphatic rings. The second kappa shape index (κ2) is 4.31. The van der Waals surface area contributed by atoms with Crippen LogP contribution in [0.3, 0.4) is 0 Å². The molecule has 1 nitrogen and oxygen atoms in total. The average molecular weight is 177 g/mol. The monoisotopic (exact) mass is 177 g/mol. The normalized spacial score (nSPS) is 11.3. The first-order valence-electron chi connectivity index (χ1n) is 4.67. The predicted octanol–water partition coefficient (Wildman–Crippen LogP) is 3.46. The summed E-state index contributed by atoms with van der Waals surface area (Å²) >= 11 is 0. The van der Waals surface area contributed by atoms with Crippen LogP contribution in [0, 0.1) is 6.92 Å². The molecular weight excluding hydrogens is 160 g/mol. The molecular formula is C12H17O. The van der Waals surface area contributed by atoms with Crippen molar-refractivity contribution in [2.45, 2.75) is 32.3 Å². The van der Waals surface area contributed by atoms with Gasteiger partial charge in [-0.25, -0.2) is 0 Å². The molecule has 0 bridgehead atoms. The van der Waals surface area contributed by atoms with E-state index in [1.807, 2.05) is 30.3 Å². The summed E-state index contributed by atoms with van der Waals surface area (Å²) in [6.07, 6.45) is 1.88. The fourth-order valence-corrected chi connectivity index (χ4v) is 1.28. The lowest BCUT2D eigenvalue weighted by molar-refractivity contribution is 0.100. The standard InChI is InChI=1S/C12H17O/c1-4-10-12(2,3)13-11-8-6-5-7-9-11/h5-9H,1,4,10H2,2-3H3. The highest BCUT2D eigenvalue weighted by Crippen LogP contribution is 2.21. The molecule has 71 valence electrons. The van der Waals surface area contributed by atoms with Gasteiger partial charge in [-0.2, -0.15) is 0 Å². The lowest BCUT2D eigenvalue weighted by Crippen LogP contribution is -2.27. The molecule has 0 saturated carbocycles. The van der Waals surface area contributed by atoms with Crippen LogP contribution >= 0.6 is 0 Å². The van der Waals surface area contributed by atoms with Crippen LogP contribution in [0.15, 0.2) is 30.3 Å². The van der Waals surface area contributed by atoms with Crippen molar-refractivity contribution in [2.24, 2.45) is 0 Å². The first kappa shape index (κ1) is 10.1. The molecule has 0 N–H and O–H groups in total. The van der Waals surface area contributed by atoms with Crippen molar-refractivity contribution >= 4 is 0 Å². The molecule has 1 heteroatoms. The maximum atomic E-state index is 5.80. The van der Waals surface area contributed by atoms with Crippen molar-refractivity contribution in [3.05, 3.63) is 37.3 Å². The maximum Gasteiger partial charge on any atom is 0.120 e. The summed E-state index contributed by atoms with van der Waals surface area (Å²) in [5.74, 6) is 0.931. The summed E-state index contributed by atoms with van der Waals surface area (Å²) in [6.45, 7) is 8.01. The van der Waals surface area contributed by atoms with Crippen molar-refractivity contribution in [2.75, 3.05) is 0 Å². The molecule has 1 aromatic carbocycles. The van der Waals surface area contributed by atoms with Crippen molar-refractivity contribution in [3.63, 3.8) is 0 Å². The summed E-state index contributed by atoms with van der Waals surface area (Å²) in [4.78, 5) is 0. The molecule has 0 heterocycles. The third-order valence-electron chi connectivity index (χ3n) is 1.92. The molecule has 0 unspecified atom stereocenters. The van der Waals surface area contributed by atoms with Gasteiger partial charge in [0.1, 0.15) is 11.4 Å². The molecule has 0 saturated heterocycles. The van der Waals surface area contributed by atoms with Crippen molar-refractivity contribution in [3.8, 4) is 5.75 Å². The first-order chi connectivity index (χ1) is 6.14. The van der Waals surface area contributed by atoms with E-state index in [1.165, 1.54) is 0 Å². The van der Waals surface area contributed by atoms with Gasteiger partial charge in [0.15, 0.2) is 0 Å². The van der Waals surface area contributed by atoms with Gasteiger partial charge in [0.2, 0.25) is 0 Å². The van der Waals surface area contributed by atoms with E-state index in [4.69, 9.17) is 4.74 Å². The van der Waals surface area contributed by atoms with E-state index in [2.05, 4.69) is 20.8 Å². The summed E-state index contributed by atoms with van der Waals surface area (Å²) in [5, 5.41) is 0. The molecule has 0 aliphatic carbocycles. The zero-order chi connectivity index (χ0) is 9.73. The Morgan fingerprint density at radius 1 is 1.23 bits per heavy atom. The van der Waals surface area contributed by atoms with Gasteiger partial charge in [0.25, 0.3) is 0 Å². The molecule has 0 amide bonds. The number of ether oxygens (including phenoxy) is 1. The average Bonchev–Trinajstić information content (AvgIpc) is 2.04. The first-order valence-corrected chi connectivity index (χ1v) is 4.67. The fourth-order valence-electron chi connectivity index (χ4n) is 1.28. The zero-order valence-electron chi connectivity index (χ0n) is 8.42. The van der Waals surface area contributed by atoms with E-state index < -0.39 is 0 Å². The van der Waals surface area contributed by atoms with Crippen LogP contribution in [0.5, 0.6) is 5.75 Å². The predicted molar refractivity (Wildman–Crippen MR) is 55.7 cm³/mol. The van der Waals surface area contributed by atoms with Crippen molar-refractivity contribution in [1.82, 2.24) is 0 Å². The molecule has 1 aromatic rings. The lowest BCUT2D eigenvalue weighted by atomic mass is 10.0. The summed E-state index contributed by atoms with van der Waals surface area (Å²) in [6, 6.07) is 9.90. The molecule has 1 radical (unpaired) electrons. The summed E-state index contributed by atoms with van der Waals surface area (Å²) in [7, 11) is 0. The second-order valence-corrected chi connectivity index (χ2v) is 3.78. The van der Waals surface area contributed by atoms with Crippen LogP contribution < -0.4 is 4.74 Å². The number of benzene rings is 1. The van der Waals surface area contributed by atoms with Gasteiger partial charge in [-0.3, -0.25) is 0 Å². The quantitative estimate of drug-likeness (QED) is 0.684. The number of para-hydroxylation sites is 1. The third-order valence-corrected chi connectivity index (χ3v) is 1.92. The maximum absolute atomic E-state index is 5.80. The Morgan fingerprint density at radius 3 is 2.38 bits per heavy atom. The summed E-state index contributed by atoms with van der Waals surface area (Å²) in [5.41, 5.74) is -0.108. The van der Waals surface area contributed by atoms with E-state index in [0.29, 0.717) is 0 Å². The van der Waals surface area contributed by atoms with E-state index in [-0.39, 0.29) is 5.60 Å². The van der Waals surface area contributed by atoms with Crippen LogP contribution in [0.4, 0.5) is 0 Å². The van der Waals surface area contributed by atoms with Gasteiger partial charge in [-0.05, 0) is 38.8 Å². The number of rotatable bonds is 4. The Labute approximate surface area is 80.7 Å². The Kier molecular flexibility index (Phi) is 3.35. The third kappa shape index (κ3) is 3.49. The van der Waals surface area contributed by atoms with Gasteiger partial charge in [0, 0.05) is 0 Å². The fraction of sp³-hybridized carbons (Fsp3) is 0.417. The van der Waals surface area contributed by atoms with E-state index in [1.54, 1.807) is 0 Å². The lowest BCUT2D eigenvalue weighted by Gasteiger charge is -2.25. The number of hydrogen-bond acceptors (Lipinski definition) is 1. The molecule has 0 fully saturated rings. The highest BCUT2D eigenvalue weighted by molar-refractivity contribution is 5.21. The Balaban J connectivity index is 2.58. The molecule has 1 rings (SSSR count). The van der Waals surface area contributed by atoms with Gasteiger partial charge in [-0.1, -0.05) is 25.1 Å². The smallest absolute Gasteiger partial charge is 0.120 e. The minimum Gasteiger partial charge on any atom is -0.488 e. The van der Waals surface area contributed by atoms with Crippen LogP contribution in [0.2, 0.25) is 0 Å². The van der Waals surface area contributed by atoms with E-state index in [0.717, 1.165) is 18.6 Å². The minimum absolute atomic E-state index is 0.108. The Morgan fingerprint density at radius 2 is 1.85 bits per heavy atom. The van der Waals surface area contributed by atoms with Gasteiger partial charge < -0.3 is 4.74 Å². The molecule has 0 spiro atoms. The van der Waals surface area contributed by atoms with E-state index >= 15 is 0 Å². The van der Waals surface area contributed by atoms with Gasteiger partial charge in [-0.15, -0.1) is 0 Å². The minimum atomic E-state index is -0.108. The van der Waals surface area contributed by atoms with Crippen LogP contribution in [0.1, 0.15) is 26.7 Å². The number of hydrogen-bond donors (Lipinski definition) is 0.